The fourth-order valence-corrected chi connectivity index (χ4v) is 2.72. The average molecular weight is 293 g/mol. The molecule has 0 bridgehead atoms. The van der Waals surface area contributed by atoms with Crippen LogP contribution in [0.25, 0.3) is 0 Å². The van der Waals surface area contributed by atoms with Gasteiger partial charge in [-0.25, -0.2) is 0 Å². The van der Waals surface area contributed by atoms with Gasteiger partial charge < -0.3 is 25.4 Å². The Morgan fingerprint density at radius 2 is 2.05 bits per heavy atom. The minimum Gasteiger partial charge on any atom is -0.484 e. The highest BCUT2D eigenvalue weighted by Crippen LogP contribution is 2.39. The van der Waals surface area contributed by atoms with Gasteiger partial charge >= 0.3 is 0 Å². The molecule has 1 fully saturated rings. The van der Waals surface area contributed by atoms with Crippen LogP contribution in [0.5, 0.6) is 5.75 Å². The van der Waals surface area contributed by atoms with Crippen LogP contribution in [0.2, 0.25) is 0 Å². The second-order valence-electron chi connectivity index (χ2n) is 6.09. The number of nitrogens with two attached hydrogens (primary N) is 1. The molecule has 0 aromatic carbocycles. The van der Waals surface area contributed by atoms with Crippen LogP contribution in [0.3, 0.4) is 0 Å². The molecule has 1 unspecified atom stereocenters. The van der Waals surface area contributed by atoms with Crippen LogP contribution in [0.15, 0.2) is 0 Å². The highest BCUT2D eigenvalue weighted by Gasteiger charge is 2.36. The van der Waals surface area contributed by atoms with Gasteiger partial charge in [-0.2, -0.15) is 9.97 Å². The van der Waals surface area contributed by atoms with Gasteiger partial charge in [-0.15, -0.1) is 0 Å². The van der Waals surface area contributed by atoms with Crippen LogP contribution >= 0.6 is 0 Å². The second kappa shape index (κ2) is 5.22. The highest BCUT2D eigenvalue weighted by atomic mass is 16.5. The molecule has 2 aliphatic rings. The van der Waals surface area contributed by atoms with Crippen molar-refractivity contribution < 1.29 is 9.47 Å². The van der Waals surface area contributed by atoms with E-state index in [9.17, 15) is 0 Å². The molecule has 3 heterocycles. The number of hydrogen-bond acceptors (Lipinski definition) is 7. The van der Waals surface area contributed by atoms with Crippen LogP contribution in [0.1, 0.15) is 26.7 Å². The molecule has 1 aromatic heterocycles. The smallest absolute Gasteiger partial charge is 0.224 e. The van der Waals surface area contributed by atoms with E-state index in [0.717, 1.165) is 18.9 Å². The first kappa shape index (κ1) is 14.2. The summed E-state index contributed by atoms with van der Waals surface area (Å²) in [6.07, 6.45) is 2.34. The normalized spacial score (nSPS) is 21.7. The number of ether oxygens (including phenoxy) is 2. The van der Waals surface area contributed by atoms with Crippen LogP contribution in [0.4, 0.5) is 17.6 Å². The maximum atomic E-state index is 5.96. The fraction of sp³-hybridized carbons (Fsp3) is 0.714. The number of nitrogens with zero attached hydrogens (tertiary/aromatic N) is 3. The van der Waals surface area contributed by atoms with Gasteiger partial charge in [0.2, 0.25) is 11.7 Å². The molecule has 1 atom stereocenters. The Morgan fingerprint density at radius 3 is 2.71 bits per heavy atom. The largest absolute Gasteiger partial charge is 0.484 e. The first-order valence-corrected chi connectivity index (χ1v) is 7.38. The van der Waals surface area contributed by atoms with Crippen molar-refractivity contribution in [2.45, 2.75) is 38.3 Å². The lowest BCUT2D eigenvalue weighted by molar-refractivity contribution is -0.00741. The van der Waals surface area contributed by atoms with Crippen molar-refractivity contribution in [3.63, 3.8) is 0 Å². The quantitative estimate of drug-likeness (QED) is 0.867. The number of hydrogen-bond donors (Lipinski definition) is 2. The summed E-state index contributed by atoms with van der Waals surface area (Å²) in [7, 11) is 1.70. The molecule has 0 saturated carbocycles. The molecule has 3 rings (SSSR count). The van der Waals surface area contributed by atoms with Crippen molar-refractivity contribution in [2.75, 3.05) is 42.8 Å². The molecular formula is C14H23N5O2. The molecule has 7 nitrogen and oxygen atoms in total. The van der Waals surface area contributed by atoms with E-state index in [1.165, 1.54) is 12.8 Å². The Kier molecular flexibility index (Phi) is 3.52. The van der Waals surface area contributed by atoms with Gasteiger partial charge in [0.15, 0.2) is 11.6 Å². The van der Waals surface area contributed by atoms with Gasteiger partial charge in [0.25, 0.3) is 0 Å². The highest BCUT2D eigenvalue weighted by molar-refractivity contribution is 5.68. The zero-order valence-electron chi connectivity index (χ0n) is 12.8. The number of fused-ring (bicyclic) bond motifs is 1. The topological polar surface area (TPSA) is 85.5 Å². The van der Waals surface area contributed by atoms with Crippen LogP contribution in [0, 0.1) is 0 Å². The van der Waals surface area contributed by atoms with E-state index >= 15 is 0 Å². The summed E-state index contributed by atoms with van der Waals surface area (Å²) < 4.78 is 11.5. The van der Waals surface area contributed by atoms with E-state index in [4.69, 9.17) is 15.2 Å². The number of nitrogen functional groups attached to an aromatic ring is 1. The first-order valence-electron chi connectivity index (χ1n) is 7.38. The maximum Gasteiger partial charge on any atom is 0.224 e. The van der Waals surface area contributed by atoms with Crippen molar-refractivity contribution in [1.82, 2.24) is 9.97 Å². The molecule has 0 spiro atoms. The molecule has 2 aliphatic heterocycles. The third-order valence-electron chi connectivity index (χ3n) is 4.34. The molecule has 3 N–H and O–H groups in total. The summed E-state index contributed by atoms with van der Waals surface area (Å²) in [5.74, 6) is 2.43. The Morgan fingerprint density at radius 1 is 1.33 bits per heavy atom. The zero-order valence-corrected chi connectivity index (χ0v) is 12.8. The molecule has 0 amide bonds. The van der Waals surface area contributed by atoms with E-state index in [0.29, 0.717) is 18.2 Å². The Bertz CT molecular complexity index is 528. The summed E-state index contributed by atoms with van der Waals surface area (Å²) in [6.45, 7) is 6.52. The van der Waals surface area contributed by atoms with Crippen LogP contribution < -0.4 is 20.7 Å². The summed E-state index contributed by atoms with van der Waals surface area (Å²) in [5.41, 5.74) is 5.51. The number of rotatable bonds is 3. The van der Waals surface area contributed by atoms with Gasteiger partial charge in [-0.05, 0) is 26.7 Å². The van der Waals surface area contributed by atoms with Crippen LogP contribution in [-0.4, -0.2) is 48.4 Å². The average Bonchev–Trinajstić information content (AvgIpc) is 2.99. The number of nitrogens with one attached hydrogen (secondary N) is 1. The van der Waals surface area contributed by atoms with Gasteiger partial charge in [0.05, 0.1) is 11.6 Å². The van der Waals surface area contributed by atoms with Crippen molar-refractivity contribution in [3.05, 3.63) is 0 Å². The molecule has 1 aromatic rings. The summed E-state index contributed by atoms with van der Waals surface area (Å²) in [5, 5.41) is 3.39. The fourth-order valence-electron chi connectivity index (χ4n) is 2.72. The lowest BCUT2D eigenvalue weighted by Gasteiger charge is -2.37. The zero-order chi connectivity index (χ0) is 15.0. The Labute approximate surface area is 124 Å². The van der Waals surface area contributed by atoms with Crippen molar-refractivity contribution in [3.8, 4) is 5.75 Å². The summed E-state index contributed by atoms with van der Waals surface area (Å²) in [4.78, 5) is 10.9. The second-order valence-corrected chi connectivity index (χ2v) is 6.09. The Hall–Kier alpha value is -1.76. The number of methoxy groups -OCH3 is 1. The van der Waals surface area contributed by atoms with E-state index in [2.05, 4.69) is 20.2 Å². The molecule has 0 aliphatic carbocycles. The molecular weight excluding hydrogens is 270 g/mol. The lowest BCUT2D eigenvalue weighted by Crippen LogP contribution is -2.49. The minimum absolute atomic E-state index is 0.00993. The maximum absolute atomic E-state index is 5.96. The molecule has 1 saturated heterocycles. The van der Waals surface area contributed by atoms with E-state index < -0.39 is 0 Å². The lowest BCUT2D eigenvalue weighted by atomic mass is 9.98. The van der Waals surface area contributed by atoms with Gasteiger partial charge in [-0.1, -0.05) is 0 Å². The summed E-state index contributed by atoms with van der Waals surface area (Å²) in [6, 6.07) is 0.00993. The number of anilines is 3. The van der Waals surface area contributed by atoms with Gasteiger partial charge in [0.1, 0.15) is 6.61 Å². The van der Waals surface area contributed by atoms with Crippen molar-refractivity contribution in [2.24, 2.45) is 0 Å². The summed E-state index contributed by atoms with van der Waals surface area (Å²) >= 11 is 0. The predicted octanol–water partition coefficient (Wildman–Crippen LogP) is 1.26. The Balaban J connectivity index is 1.92. The monoisotopic (exact) mass is 293 g/mol. The minimum atomic E-state index is -0.356. The van der Waals surface area contributed by atoms with Gasteiger partial charge in [0, 0.05) is 20.2 Å². The van der Waals surface area contributed by atoms with E-state index in [-0.39, 0.29) is 17.6 Å². The van der Waals surface area contributed by atoms with Gasteiger partial charge in [-0.3, -0.25) is 0 Å². The number of aromatic nitrogens is 2. The molecule has 0 radical (unpaired) electrons. The van der Waals surface area contributed by atoms with Crippen LogP contribution in [-0.2, 0) is 4.74 Å². The molecule has 21 heavy (non-hydrogen) atoms. The third-order valence-corrected chi connectivity index (χ3v) is 4.34. The first-order chi connectivity index (χ1) is 10.0. The molecule has 116 valence electrons. The van der Waals surface area contributed by atoms with E-state index in [1.54, 1.807) is 7.11 Å². The standard InChI is InChI=1S/C14H23N5O2/c1-14(2,20-3)9-8-21-10-11(16-9)17-13(15)18-12(10)19-6-4-5-7-19/h9H,4-8H2,1-3H3,(H3,15,16,17,18). The predicted molar refractivity (Wildman–Crippen MR) is 81.9 cm³/mol. The SMILES string of the molecule is COC(C)(C)C1COc2c(nc(N)nc2N2CCCC2)N1. The van der Waals surface area contributed by atoms with Crippen molar-refractivity contribution in [1.29, 1.82) is 0 Å². The van der Waals surface area contributed by atoms with E-state index in [1.807, 2.05) is 13.8 Å². The third kappa shape index (κ3) is 2.57. The molecule has 7 heteroatoms. The van der Waals surface area contributed by atoms with Crippen molar-refractivity contribution >= 4 is 17.6 Å².